The number of aromatic nitrogens is 2. The highest BCUT2D eigenvalue weighted by atomic mass is 15.3. The summed E-state index contributed by atoms with van der Waals surface area (Å²) in [5.41, 5.74) is 3.65. The average Bonchev–Trinajstić information content (AvgIpc) is 3.07. The third-order valence-corrected chi connectivity index (χ3v) is 4.49. The number of hydrogen-bond acceptors (Lipinski definition) is 4. The minimum absolute atomic E-state index is 0.489. The lowest BCUT2D eigenvalue weighted by Gasteiger charge is -2.21. The van der Waals surface area contributed by atoms with Gasteiger partial charge in [0.05, 0.1) is 0 Å². The fraction of sp³-hybridized carbons (Fsp3) is 0.750. The molecule has 3 rings (SSSR count). The number of aryl methyl sites for hydroxylation is 2. The van der Waals surface area contributed by atoms with Gasteiger partial charge in [-0.15, -0.1) is 0 Å². The first-order chi connectivity index (χ1) is 9.65. The molecule has 4 heteroatoms. The normalized spacial score (nSPS) is 20.4. The van der Waals surface area contributed by atoms with Gasteiger partial charge < -0.3 is 10.2 Å². The van der Waals surface area contributed by atoms with E-state index >= 15 is 0 Å². The Kier molecular flexibility index (Phi) is 3.92. The van der Waals surface area contributed by atoms with Crippen LogP contribution in [-0.2, 0) is 0 Å². The van der Waals surface area contributed by atoms with E-state index < -0.39 is 0 Å². The summed E-state index contributed by atoms with van der Waals surface area (Å²) < 4.78 is 0. The van der Waals surface area contributed by atoms with E-state index in [1.807, 2.05) is 0 Å². The Balaban J connectivity index is 1.76. The van der Waals surface area contributed by atoms with Gasteiger partial charge in [-0.05, 0) is 51.0 Å². The van der Waals surface area contributed by atoms with E-state index in [-0.39, 0.29) is 0 Å². The Morgan fingerprint density at radius 2 is 1.75 bits per heavy atom. The molecule has 0 aromatic carbocycles. The lowest BCUT2D eigenvalue weighted by Crippen LogP contribution is -2.25. The van der Waals surface area contributed by atoms with E-state index in [9.17, 15) is 0 Å². The van der Waals surface area contributed by atoms with Crippen LogP contribution in [0.2, 0.25) is 0 Å². The van der Waals surface area contributed by atoms with Crippen molar-refractivity contribution in [1.82, 2.24) is 15.3 Å². The molecule has 1 aliphatic carbocycles. The van der Waals surface area contributed by atoms with Crippen molar-refractivity contribution in [3.63, 3.8) is 0 Å². The van der Waals surface area contributed by atoms with Crippen molar-refractivity contribution >= 4 is 5.95 Å². The van der Waals surface area contributed by atoms with Crippen LogP contribution in [-0.4, -0.2) is 35.6 Å². The van der Waals surface area contributed by atoms with Gasteiger partial charge in [-0.2, -0.15) is 0 Å². The maximum absolute atomic E-state index is 4.77. The summed E-state index contributed by atoms with van der Waals surface area (Å²) in [5, 5.41) is 3.61. The molecule has 4 nitrogen and oxygen atoms in total. The summed E-state index contributed by atoms with van der Waals surface area (Å²) in [6, 6.07) is 0.767. The van der Waals surface area contributed by atoms with Crippen LogP contribution in [0.15, 0.2) is 0 Å². The van der Waals surface area contributed by atoms with E-state index in [1.165, 1.54) is 31.2 Å². The molecule has 0 amide bonds. The molecule has 1 aromatic rings. The van der Waals surface area contributed by atoms with E-state index in [2.05, 4.69) is 31.0 Å². The van der Waals surface area contributed by atoms with Gasteiger partial charge in [-0.25, -0.2) is 9.97 Å². The summed E-state index contributed by atoms with van der Waals surface area (Å²) in [7, 11) is 0. The molecule has 0 bridgehead atoms. The smallest absolute Gasteiger partial charge is 0.225 e. The lowest BCUT2D eigenvalue weighted by molar-refractivity contribution is 0.603. The molecule has 1 aliphatic heterocycles. The van der Waals surface area contributed by atoms with E-state index in [4.69, 9.17) is 9.97 Å². The fourth-order valence-corrected chi connectivity index (χ4v) is 3.21. The maximum Gasteiger partial charge on any atom is 0.225 e. The molecule has 20 heavy (non-hydrogen) atoms. The number of rotatable bonds is 5. The molecule has 110 valence electrons. The Morgan fingerprint density at radius 1 is 1.15 bits per heavy atom. The summed E-state index contributed by atoms with van der Waals surface area (Å²) in [6.45, 7) is 9.81. The van der Waals surface area contributed by atoms with Crippen molar-refractivity contribution < 1.29 is 0 Å². The average molecular weight is 274 g/mol. The van der Waals surface area contributed by atoms with Gasteiger partial charge in [-0.1, -0.05) is 6.92 Å². The van der Waals surface area contributed by atoms with Crippen molar-refractivity contribution in [2.75, 3.05) is 24.5 Å². The molecule has 2 fully saturated rings. The molecular formula is C16H26N4. The van der Waals surface area contributed by atoms with Crippen molar-refractivity contribution in [2.45, 2.75) is 58.4 Å². The predicted molar refractivity (Wildman–Crippen MR) is 82.4 cm³/mol. The van der Waals surface area contributed by atoms with Crippen LogP contribution in [0.4, 0.5) is 5.95 Å². The lowest BCUT2D eigenvalue weighted by atomic mass is 9.98. The first kappa shape index (κ1) is 13.8. The SMILES string of the molecule is Cc1nc(N2CCCC2)nc(C)c1C(C)CNC1CC1. The largest absolute Gasteiger partial charge is 0.341 e. The highest BCUT2D eigenvalue weighted by molar-refractivity contribution is 5.38. The third kappa shape index (κ3) is 2.95. The molecule has 1 aromatic heterocycles. The van der Waals surface area contributed by atoms with Crippen LogP contribution in [0.25, 0.3) is 0 Å². The second-order valence-corrected chi connectivity index (χ2v) is 6.39. The highest BCUT2D eigenvalue weighted by Gasteiger charge is 2.23. The summed E-state index contributed by atoms with van der Waals surface area (Å²) in [6.07, 6.45) is 5.22. The molecule has 0 radical (unpaired) electrons. The number of anilines is 1. The van der Waals surface area contributed by atoms with Crippen molar-refractivity contribution in [3.8, 4) is 0 Å². The molecule has 0 spiro atoms. The highest BCUT2D eigenvalue weighted by Crippen LogP contribution is 2.26. The molecule has 1 saturated carbocycles. The molecule has 2 heterocycles. The van der Waals surface area contributed by atoms with Crippen LogP contribution in [0.5, 0.6) is 0 Å². The monoisotopic (exact) mass is 274 g/mol. The molecule has 1 atom stereocenters. The summed E-state index contributed by atoms with van der Waals surface area (Å²) in [5.74, 6) is 1.42. The predicted octanol–water partition coefficient (Wildman–Crippen LogP) is 2.55. The number of hydrogen-bond donors (Lipinski definition) is 1. The second-order valence-electron chi connectivity index (χ2n) is 6.39. The molecule has 2 aliphatic rings. The van der Waals surface area contributed by atoms with Gasteiger partial charge in [-0.3, -0.25) is 0 Å². The van der Waals surface area contributed by atoms with E-state index in [0.717, 1.165) is 43.0 Å². The Bertz CT molecular complexity index is 452. The van der Waals surface area contributed by atoms with Gasteiger partial charge in [0.1, 0.15) is 0 Å². The molecule has 1 saturated heterocycles. The zero-order valence-corrected chi connectivity index (χ0v) is 12.9. The van der Waals surface area contributed by atoms with E-state index in [0.29, 0.717) is 5.92 Å². The van der Waals surface area contributed by atoms with Crippen LogP contribution in [0, 0.1) is 13.8 Å². The van der Waals surface area contributed by atoms with Crippen LogP contribution < -0.4 is 10.2 Å². The quantitative estimate of drug-likeness (QED) is 0.896. The first-order valence-electron chi connectivity index (χ1n) is 7.98. The van der Waals surface area contributed by atoms with E-state index in [1.54, 1.807) is 0 Å². The standard InChI is InChI=1S/C16H26N4/c1-11(10-17-14-6-7-14)15-12(2)18-16(19-13(15)3)20-8-4-5-9-20/h11,14,17H,4-10H2,1-3H3. The van der Waals surface area contributed by atoms with Crippen LogP contribution in [0.1, 0.15) is 55.5 Å². The zero-order valence-electron chi connectivity index (χ0n) is 12.9. The second kappa shape index (κ2) is 5.68. The minimum Gasteiger partial charge on any atom is -0.341 e. The minimum atomic E-state index is 0.489. The Morgan fingerprint density at radius 3 is 2.30 bits per heavy atom. The van der Waals surface area contributed by atoms with Crippen molar-refractivity contribution in [1.29, 1.82) is 0 Å². The van der Waals surface area contributed by atoms with Crippen LogP contribution in [0.3, 0.4) is 0 Å². The first-order valence-corrected chi connectivity index (χ1v) is 7.98. The van der Waals surface area contributed by atoms with Crippen molar-refractivity contribution in [3.05, 3.63) is 17.0 Å². The van der Waals surface area contributed by atoms with Gasteiger partial charge in [0, 0.05) is 37.1 Å². The van der Waals surface area contributed by atoms with Gasteiger partial charge in [0.25, 0.3) is 0 Å². The molecule has 1 N–H and O–H groups in total. The van der Waals surface area contributed by atoms with Crippen molar-refractivity contribution in [2.24, 2.45) is 0 Å². The maximum atomic E-state index is 4.77. The Hall–Kier alpha value is -1.16. The van der Waals surface area contributed by atoms with Gasteiger partial charge in [0.2, 0.25) is 5.95 Å². The zero-order chi connectivity index (χ0) is 14.1. The van der Waals surface area contributed by atoms with Gasteiger partial charge in [0.15, 0.2) is 0 Å². The summed E-state index contributed by atoms with van der Waals surface area (Å²) >= 11 is 0. The summed E-state index contributed by atoms with van der Waals surface area (Å²) in [4.78, 5) is 11.8. The number of nitrogens with one attached hydrogen (secondary N) is 1. The van der Waals surface area contributed by atoms with Gasteiger partial charge >= 0.3 is 0 Å². The molecular weight excluding hydrogens is 248 g/mol. The number of nitrogens with zero attached hydrogens (tertiary/aromatic N) is 3. The van der Waals surface area contributed by atoms with Crippen LogP contribution >= 0.6 is 0 Å². The Labute approximate surface area is 122 Å². The molecule has 1 unspecified atom stereocenters. The topological polar surface area (TPSA) is 41.1 Å². The fourth-order valence-electron chi connectivity index (χ4n) is 3.21. The third-order valence-electron chi connectivity index (χ3n) is 4.49.